The molecule has 0 spiro atoms. The van der Waals surface area contributed by atoms with Gasteiger partial charge in [0.25, 0.3) is 5.91 Å². The fourth-order valence-corrected chi connectivity index (χ4v) is 1.52. The number of carbonyl (C=O) groups is 1. The Kier molecular flexibility index (Phi) is 5.17. The first-order valence-corrected chi connectivity index (χ1v) is 5.90. The van der Waals surface area contributed by atoms with Crippen molar-refractivity contribution < 1.29 is 15.0 Å². The Hall–Kier alpha value is -2.04. The van der Waals surface area contributed by atoms with Crippen LogP contribution in [-0.2, 0) is 0 Å². The fourth-order valence-electron chi connectivity index (χ4n) is 1.52. The summed E-state index contributed by atoms with van der Waals surface area (Å²) in [6.07, 6.45) is 3.70. The molecule has 18 heavy (non-hydrogen) atoms. The fraction of sp³-hybridized carbons (Fsp3) is 0.385. The van der Waals surface area contributed by atoms with Gasteiger partial charge in [0.05, 0.1) is 5.56 Å². The van der Waals surface area contributed by atoms with Gasteiger partial charge in [-0.05, 0) is 30.5 Å². The highest BCUT2D eigenvalue weighted by Crippen LogP contribution is 2.21. The van der Waals surface area contributed by atoms with E-state index in [1.165, 1.54) is 18.2 Å². The highest BCUT2D eigenvalue weighted by atomic mass is 16.3. The van der Waals surface area contributed by atoms with E-state index < -0.39 is 5.91 Å². The zero-order valence-corrected chi connectivity index (χ0v) is 10.6. The summed E-state index contributed by atoms with van der Waals surface area (Å²) in [5, 5.41) is 22.5. The highest BCUT2D eigenvalue weighted by Gasteiger charge is 2.11. The first kappa shape index (κ1) is 14.0. The lowest BCUT2D eigenvalue weighted by atomic mass is 10.1. The second-order valence-electron chi connectivity index (χ2n) is 4.19. The molecule has 0 saturated carbocycles. The average molecular weight is 250 g/mol. The molecular weight excluding hydrogens is 232 g/mol. The SMILES string of the molecule is CCCC(C)/C=N/NC(=O)c1cc(O)ccc1O. The predicted octanol–water partition coefficient (Wildman–Crippen LogP) is 2.25. The van der Waals surface area contributed by atoms with E-state index in [4.69, 9.17) is 0 Å². The molecule has 0 fully saturated rings. The zero-order chi connectivity index (χ0) is 13.5. The minimum absolute atomic E-state index is 0.00436. The molecular formula is C13H18N2O3. The van der Waals surface area contributed by atoms with Gasteiger partial charge in [-0.25, -0.2) is 5.43 Å². The van der Waals surface area contributed by atoms with Crippen LogP contribution in [0.15, 0.2) is 23.3 Å². The van der Waals surface area contributed by atoms with Gasteiger partial charge in [-0.1, -0.05) is 20.3 Å². The van der Waals surface area contributed by atoms with Crippen LogP contribution in [-0.4, -0.2) is 22.3 Å². The van der Waals surface area contributed by atoms with E-state index in [9.17, 15) is 15.0 Å². The molecule has 1 aromatic rings. The predicted molar refractivity (Wildman–Crippen MR) is 69.8 cm³/mol. The van der Waals surface area contributed by atoms with Gasteiger partial charge in [-0.3, -0.25) is 4.79 Å². The van der Waals surface area contributed by atoms with Crippen molar-refractivity contribution in [1.82, 2.24) is 5.43 Å². The standard InChI is InChI=1S/C13H18N2O3/c1-3-4-9(2)8-14-15-13(18)11-7-10(16)5-6-12(11)17/h5-9,16-17H,3-4H2,1-2H3,(H,15,18)/b14-8+. The average Bonchev–Trinajstić information content (AvgIpc) is 2.32. The smallest absolute Gasteiger partial charge is 0.275 e. The molecule has 0 heterocycles. The minimum atomic E-state index is -0.552. The van der Waals surface area contributed by atoms with Gasteiger partial charge in [0.1, 0.15) is 11.5 Å². The lowest BCUT2D eigenvalue weighted by molar-refractivity contribution is 0.0952. The number of nitrogens with zero attached hydrogens (tertiary/aromatic N) is 1. The van der Waals surface area contributed by atoms with Crippen LogP contribution in [0.1, 0.15) is 37.0 Å². The molecule has 98 valence electrons. The summed E-state index contributed by atoms with van der Waals surface area (Å²) < 4.78 is 0. The summed E-state index contributed by atoms with van der Waals surface area (Å²) in [6, 6.07) is 3.75. The quantitative estimate of drug-likeness (QED) is 0.426. The number of aromatic hydroxyl groups is 2. The third-order valence-electron chi connectivity index (χ3n) is 2.46. The molecule has 5 nitrogen and oxygen atoms in total. The summed E-state index contributed by atoms with van der Waals surface area (Å²) in [4.78, 5) is 11.7. The maximum atomic E-state index is 11.7. The number of nitrogens with one attached hydrogen (secondary N) is 1. The second kappa shape index (κ2) is 6.64. The van der Waals surface area contributed by atoms with Gasteiger partial charge in [-0.15, -0.1) is 0 Å². The minimum Gasteiger partial charge on any atom is -0.508 e. The number of carbonyl (C=O) groups excluding carboxylic acids is 1. The summed E-state index contributed by atoms with van der Waals surface area (Å²) in [7, 11) is 0. The molecule has 0 aliphatic heterocycles. The Balaban J connectivity index is 2.63. The summed E-state index contributed by atoms with van der Waals surface area (Å²) in [5.74, 6) is -0.542. The molecule has 0 saturated heterocycles. The van der Waals surface area contributed by atoms with Gasteiger partial charge in [-0.2, -0.15) is 5.10 Å². The van der Waals surface area contributed by atoms with E-state index in [-0.39, 0.29) is 23.0 Å². The number of phenolic OH excluding ortho intramolecular Hbond substituents is 2. The molecule has 0 aliphatic rings. The molecule has 1 aromatic carbocycles. The van der Waals surface area contributed by atoms with Crippen molar-refractivity contribution in [1.29, 1.82) is 0 Å². The third-order valence-corrected chi connectivity index (χ3v) is 2.46. The van der Waals surface area contributed by atoms with Crippen molar-refractivity contribution in [2.24, 2.45) is 11.0 Å². The number of rotatable bonds is 5. The van der Waals surface area contributed by atoms with E-state index in [2.05, 4.69) is 17.5 Å². The van der Waals surface area contributed by atoms with E-state index in [0.29, 0.717) is 0 Å². The Bertz CT molecular complexity index is 444. The maximum Gasteiger partial charge on any atom is 0.275 e. The molecule has 0 radical (unpaired) electrons. The van der Waals surface area contributed by atoms with E-state index >= 15 is 0 Å². The van der Waals surface area contributed by atoms with Crippen molar-refractivity contribution in [2.45, 2.75) is 26.7 Å². The first-order chi connectivity index (χ1) is 8.54. The Morgan fingerprint density at radius 1 is 1.50 bits per heavy atom. The number of benzene rings is 1. The Morgan fingerprint density at radius 2 is 2.22 bits per heavy atom. The second-order valence-corrected chi connectivity index (χ2v) is 4.19. The molecule has 0 bridgehead atoms. The summed E-state index contributed by atoms with van der Waals surface area (Å²) in [5.41, 5.74) is 2.31. The van der Waals surface area contributed by atoms with Gasteiger partial charge < -0.3 is 10.2 Å². The van der Waals surface area contributed by atoms with Crippen LogP contribution < -0.4 is 5.43 Å². The number of hydrogen-bond acceptors (Lipinski definition) is 4. The van der Waals surface area contributed by atoms with E-state index in [1.807, 2.05) is 6.92 Å². The molecule has 0 aliphatic carbocycles. The maximum absolute atomic E-state index is 11.7. The molecule has 3 N–H and O–H groups in total. The largest absolute Gasteiger partial charge is 0.508 e. The van der Waals surface area contributed by atoms with Gasteiger partial charge in [0.15, 0.2) is 0 Å². The Morgan fingerprint density at radius 3 is 2.89 bits per heavy atom. The van der Waals surface area contributed by atoms with E-state index in [1.54, 1.807) is 6.21 Å². The normalized spacial score (nSPS) is 12.6. The lowest BCUT2D eigenvalue weighted by Crippen LogP contribution is -2.18. The molecule has 0 aromatic heterocycles. The van der Waals surface area contributed by atoms with Gasteiger partial charge in [0, 0.05) is 6.21 Å². The van der Waals surface area contributed by atoms with Crippen molar-refractivity contribution in [3.63, 3.8) is 0 Å². The first-order valence-electron chi connectivity index (χ1n) is 5.90. The molecule has 1 rings (SSSR count). The molecule has 5 heteroatoms. The van der Waals surface area contributed by atoms with Crippen LogP contribution in [0.5, 0.6) is 11.5 Å². The van der Waals surface area contributed by atoms with E-state index in [0.717, 1.165) is 12.8 Å². The molecule has 1 atom stereocenters. The number of amides is 1. The van der Waals surface area contributed by atoms with Crippen LogP contribution in [0.4, 0.5) is 0 Å². The van der Waals surface area contributed by atoms with Crippen LogP contribution in [0, 0.1) is 5.92 Å². The van der Waals surface area contributed by atoms with Crippen LogP contribution in [0.25, 0.3) is 0 Å². The van der Waals surface area contributed by atoms with Crippen molar-refractivity contribution in [3.05, 3.63) is 23.8 Å². The number of hydrazone groups is 1. The van der Waals surface area contributed by atoms with Crippen LogP contribution >= 0.6 is 0 Å². The van der Waals surface area contributed by atoms with Crippen LogP contribution in [0.2, 0.25) is 0 Å². The monoisotopic (exact) mass is 250 g/mol. The number of hydrogen-bond donors (Lipinski definition) is 3. The van der Waals surface area contributed by atoms with Crippen LogP contribution in [0.3, 0.4) is 0 Å². The van der Waals surface area contributed by atoms with Gasteiger partial charge >= 0.3 is 0 Å². The van der Waals surface area contributed by atoms with Crippen molar-refractivity contribution in [2.75, 3.05) is 0 Å². The highest BCUT2D eigenvalue weighted by molar-refractivity contribution is 5.97. The molecule has 1 amide bonds. The molecule has 1 unspecified atom stereocenters. The van der Waals surface area contributed by atoms with Gasteiger partial charge in [0.2, 0.25) is 0 Å². The summed E-state index contributed by atoms with van der Waals surface area (Å²) >= 11 is 0. The number of phenols is 2. The third kappa shape index (κ3) is 4.08. The lowest BCUT2D eigenvalue weighted by Gasteiger charge is -2.05. The zero-order valence-electron chi connectivity index (χ0n) is 10.6. The topological polar surface area (TPSA) is 81.9 Å². The summed E-state index contributed by atoms with van der Waals surface area (Å²) in [6.45, 7) is 4.08. The van der Waals surface area contributed by atoms with Crippen molar-refractivity contribution in [3.8, 4) is 11.5 Å². The van der Waals surface area contributed by atoms with Crippen molar-refractivity contribution >= 4 is 12.1 Å². The Labute approximate surface area is 106 Å².